The lowest BCUT2D eigenvalue weighted by atomic mass is 9.78. The molecule has 2 aliphatic rings. The summed E-state index contributed by atoms with van der Waals surface area (Å²) in [5.74, 6) is 0.915. The first-order chi connectivity index (χ1) is 11.0. The number of aliphatic hydroxyl groups is 1. The predicted octanol–water partition coefficient (Wildman–Crippen LogP) is 1.45. The fourth-order valence-corrected chi connectivity index (χ4v) is 3.80. The monoisotopic (exact) mass is 314 g/mol. The summed E-state index contributed by atoms with van der Waals surface area (Å²) in [6, 6.07) is 6.31. The van der Waals surface area contributed by atoms with Crippen LogP contribution in [-0.4, -0.2) is 32.7 Å². The fourth-order valence-electron chi connectivity index (χ4n) is 3.80. The third-order valence-corrected chi connectivity index (χ3v) is 4.88. The van der Waals surface area contributed by atoms with Crippen molar-refractivity contribution in [2.24, 2.45) is 7.05 Å². The lowest BCUT2D eigenvalue weighted by Crippen LogP contribution is -2.47. The molecule has 0 saturated carbocycles. The molecule has 2 aromatic rings. The second kappa shape index (κ2) is 5.32. The van der Waals surface area contributed by atoms with Crippen LogP contribution in [0.2, 0.25) is 0 Å². The summed E-state index contributed by atoms with van der Waals surface area (Å²) in [5.41, 5.74) is 2.15. The Morgan fingerprint density at radius 2 is 2.26 bits per heavy atom. The molecule has 122 valence electrons. The van der Waals surface area contributed by atoms with E-state index in [9.17, 15) is 5.11 Å². The Morgan fingerprint density at radius 3 is 3.04 bits per heavy atom. The van der Waals surface area contributed by atoms with Crippen molar-refractivity contribution in [2.45, 2.75) is 43.9 Å². The summed E-state index contributed by atoms with van der Waals surface area (Å²) in [7, 11) is 1.85. The smallest absolute Gasteiger partial charge is 0.123 e. The van der Waals surface area contributed by atoms with Gasteiger partial charge in [0.25, 0.3) is 0 Å². The van der Waals surface area contributed by atoms with Crippen LogP contribution in [0.3, 0.4) is 0 Å². The molecular formula is C17H22N4O2. The van der Waals surface area contributed by atoms with E-state index in [-0.39, 0.29) is 12.1 Å². The zero-order valence-corrected chi connectivity index (χ0v) is 13.5. The van der Waals surface area contributed by atoms with Crippen molar-refractivity contribution in [1.82, 2.24) is 20.3 Å². The molecule has 4 rings (SSSR count). The minimum absolute atomic E-state index is 0.00776. The van der Waals surface area contributed by atoms with Crippen LogP contribution in [0, 0.1) is 0 Å². The number of ether oxygens (including phenoxy) is 1. The zero-order chi connectivity index (χ0) is 16.0. The van der Waals surface area contributed by atoms with E-state index in [0.29, 0.717) is 12.8 Å². The average molecular weight is 314 g/mol. The quantitative estimate of drug-likeness (QED) is 0.878. The van der Waals surface area contributed by atoms with Gasteiger partial charge in [0.15, 0.2) is 0 Å². The fraction of sp³-hybridized carbons (Fsp3) is 0.529. The van der Waals surface area contributed by atoms with E-state index in [1.54, 1.807) is 4.68 Å². The summed E-state index contributed by atoms with van der Waals surface area (Å²) in [6.45, 7) is 2.83. The number of hydrogen-bond acceptors (Lipinski definition) is 5. The van der Waals surface area contributed by atoms with Gasteiger partial charge in [0.1, 0.15) is 5.75 Å². The Hall–Kier alpha value is -1.92. The van der Waals surface area contributed by atoms with Crippen LogP contribution >= 0.6 is 0 Å². The summed E-state index contributed by atoms with van der Waals surface area (Å²) >= 11 is 0. The van der Waals surface area contributed by atoms with Gasteiger partial charge in [0, 0.05) is 32.1 Å². The predicted molar refractivity (Wildman–Crippen MR) is 85.1 cm³/mol. The highest BCUT2D eigenvalue weighted by molar-refractivity contribution is 5.42. The van der Waals surface area contributed by atoms with Gasteiger partial charge in [-0.2, -0.15) is 0 Å². The Labute approximate surface area is 135 Å². The van der Waals surface area contributed by atoms with Crippen LogP contribution in [0.1, 0.15) is 42.6 Å². The molecule has 1 aromatic heterocycles. The molecule has 6 nitrogen and oxygen atoms in total. The molecule has 0 aliphatic carbocycles. The molecule has 0 amide bonds. The SMILES string of the molecule is C[C@H]1C[C@@](O)(c2ccc3c(c2)OCC3)C[C@@H](c2cn(C)nn2)N1. The molecule has 0 radical (unpaired) electrons. The number of aryl methyl sites for hydroxylation is 1. The van der Waals surface area contributed by atoms with E-state index in [4.69, 9.17) is 4.74 Å². The maximum Gasteiger partial charge on any atom is 0.123 e. The second-order valence-corrected chi connectivity index (χ2v) is 6.80. The molecule has 23 heavy (non-hydrogen) atoms. The van der Waals surface area contributed by atoms with Crippen molar-refractivity contribution in [2.75, 3.05) is 6.61 Å². The molecule has 0 bridgehead atoms. The standard InChI is InChI=1S/C17H22N4O2/c1-11-8-17(22,9-14(18-11)15-10-21(2)20-19-15)13-4-3-12-5-6-23-16(12)7-13/h3-4,7,10-11,14,18,22H,5-6,8-9H2,1-2H3/t11-,14-,17-/m0/s1. The number of rotatable bonds is 2. The molecule has 1 aromatic carbocycles. The van der Waals surface area contributed by atoms with Gasteiger partial charge in [-0.25, -0.2) is 0 Å². The Balaban J connectivity index is 1.66. The van der Waals surface area contributed by atoms with Crippen LogP contribution in [0.25, 0.3) is 0 Å². The van der Waals surface area contributed by atoms with Gasteiger partial charge in [-0.15, -0.1) is 5.10 Å². The van der Waals surface area contributed by atoms with E-state index in [1.807, 2.05) is 25.4 Å². The van der Waals surface area contributed by atoms with Gasteiger partial charge in [-0.3, -0.25) is 4.68 Å². The number of nitrogens with zero attached hydrogens (tertiary/aromatic N) is 3. The Kier molecular flexibility index (Phi) is 3.39. The molecular weight excluding hydrogens is 292 g/mol. The van der Waals surface area contributed by atoms with E-state index in [1.165, 1.54) is 5.56 Å². The summed E-state index contributed by atoms with van der Waals surface area (Å²) in [5, 5.41) is 23.1. The van der Waals surface area contributed by atoms with Crippen LogP contribution < -0.4 is 10.1 Å². The lowest BCUT2D eigenvalue weighted by molar-refractivity contribution is -0.0236. The molecule has 1 fully saturated rings. The average Bonchev–Trinajstić information content (AvgIpc) is 3.14. The molecule has 3 atom stereocenters. The van der Waals surface area contributed by atoms with Crippen molar-refractivity contribution < 1.29 is 9.84 Å². The van der Waals surface area contributed by atoms with E-state index in [2.05, 4.69) is 28.6 Å². The van der Waals surface area contributed by atoms with Crippen LogP contribution in [0.15, 0.2) is 24.4 Å². The van der Waals surface area contributed by atoms with Crippen molar-refractivity contribution >= 4 is 0 Å². The van der Waals surface area contributed by atoms with Crippen LogP contribution in [0.5, 0.6) is 5.75 Å². The molecule has 3 heterocycles. The first-order valence-electron chi connectivity index (χ1n) is 8.14. The third kappa shape index (κ3) is 2.62. The number of aromatic nitrogens is 3. The Bertz CT molecular complexity index is 729. The number of nitrogens with one attached hydrogen (secondary N) is 1. The normalized spacial score (nSPS) is 30.0. The maximum absolute atomic E-state index is 11.3. The van der Waals surface area contributed by atoms with Crippen LogP contribution in [0.4, 0.5) is 0 Å². The van der Waals surface area contributed by atoms with Crippen molar-refractivity contribution in [1.29, 1.82) is 0 Å². The zero-order valence-electron chi connectivity index (χ0n) is 13.5. The lowest BCUT2D eigenvalue weighted by Gasteiger charge is -2.40. The number of benzene rings is 1. The summed E-state index contributed by atoms with van der Waals surface area (Å²) in [6.07, 6.45) is 4.10. The van der Waals surface area contributed by atoms with Crippen molar-refractivity contribution in [3.05, 3.63) is 41.2 Å². The van der Waals surface area contributed by atoms with E-state index >= 15 is 0 Å². The highest BCUT2D eigenvalue weighted by atomic mass is 16.5. The molecule has 1 saturated heterocycles. The van der Waals surface area contributed by atoms with Gasteiger partial charge >= 0.3 is 0 Å². The molecule has 2 aliphatic heterocycles. The van der Waals surface area contributed by atoms with Gasteiger partial charge in [-0.1, -0.05) is 17.3 Å². The van der Waals surface area contributed by atoms with Crippen molar-refractivity contribution in [3.8, 4) is 5.75 Å². The van der Waals surface area contributed by atoms with Gasteiger partial charge in [0.2, 0.25) is 0 Å². The first kappa shape index (κ1) is 14.7. The minimum atomic E-state index is -0.881. The molecule has 2 N–H and O–H groups in total. The maximum atomic E-state index is 11.3. The highest BCUT2D eigenvalue weighted by Crippen LogP contribution is 2.41. The first-order valence-corrected chi connectivity index (χ1v) is 8.14. The summed E-state index contributed by atoms with van der Waals surface area (Å²) in [4.78, 5) is 0. The van der Waals surface area contributed by atoms with Gasteiger partial charge in [0.05, 0.1) is 23.9 Å². The second-order valence-electron chi connectivity index (χ2n) is 6.80. The van der Waals surface area contributed by atoms with Crippen LogP contribution in [-0.2, 0) is 19.1 Å². The molecule has 0 unspecified atom stereocenters. The number of hydrogen-bond donors (Lipinski definition) is 2. The van der Waals surface area contributed by atoms with E-state index < -0.39 is 5.60 Å². The summed E-state index contributed by atoms with van der Waals surface area (Å²) < 4.78 is 7.36. The van der Waals surface area contributed by atoms with Gasteiger partial charge in [-0.05, 0) is 30.5 Å². The molecule has 6 heteroatoms. The number of piperidine rings is 1. The minimum Gasteiger partial charge on any atom is -0.493 e. The van der Waals surface area contributed by atoms with Crippen molar-refractivity contribution in [3.63, 3.8) is 0 Å². The Morgan fingerprint density at radius 1 is 1.39 bits per heavy atom. The highest BCUT2D eigenvalue weighted by Gasteiger charge is 2.40. The van der Waals surface area contributed by atoms with E-state index in [0.717, 1.165) is 30.0 Å². The number of fused-ring (bicyclic) bond motifs is 1. The largest absolute Gasteiger partial charge is 0.493 e. The molecule has 0 spiro atoms. The van der Waals surface area contributed by atoms with Gasteiger partial charge < -0.3 is 15.2 Å². The third-order valence-electron chi connectivity index (χ3n) is 4.88. The topological polar surface area (TPSA) is 72.2 Å².